The minimum atomic E-state index is -0.0381. The van der Waals surface area contributed by atoms with Gasteiger partial charge in [0.15, 0.2) is 11.8 Å². The van der Waals surface area contributed by atoms with E-state index in [9.17, 15) is 4.79 Å². The molecule has 0 saturated heterocycles. The standard InChI is InChI=1S/C26H30N2O2/c1-26(2,3)22-12-10-20(11-13-22)25(29)27-17-23(24-9-6-16-30-24)28-15-14-19-7-4-5-8-21(19)18-28/h4-13,16,23H,14-15,17-18H2,1-3H3,(H,27,29)/p+1/t23-/m0/s1. The molecule has 4 nitrogen and oxygen atoms in total. The predicted octanol–water partition coefficient (Wildman–Crippen LogP) is 3.69. The van der Waals surface area contributed by atoms with Gasteiger partial charge in [0.1, 0.15) is 6.54 Å². The molecule has 4 rings (SSSR count). The fraction of sp³-hybridized carbons (Fsp3) is 0.346. The summed E-state index contributed by atoms with van der Waals surface area (Å²) in [4.78, 5) is 14.2. The second-order valence-electron chi connectivity index (χ2n) is 9.21. The van der Waals surface area contributed by atoms with Gasteiger partial charge in [0, 0.05) is 17.5 Å². The first-order valence-corrected chi connectivity index (χ1v) is 10.8. The molecule has 30 heavy (non-hydrogen) atoms. The topological polar surface area (TPSA) is 46.7 Å². The first-order chi connectivity index (χ1) is 14.4. The number of furan rings is 1. The Morgan fingerprint density at radius 1 is 1.03 bits per heavy atom. The minimum Gasteiger partial charge on any atom is -0.463 e. The average molecular weight is 404 g/mol. The zero-order chi connectivity index (χ0) is 21.1. The summed E-state index contributed by atoms with van der Waals surface area (Å²) >= 11 is 0. The molecule has 0 radical (unpaired) electrons. The van der Waals surface area contributed by atoms with E-state index in [-0.39, 0.29) is 17.4 Å². The third-order valence-electron chi connectivity index (χ3n) is 6.11. The lowest BCUT2D eigenvalue weighted by molar-refractivity contribution is -0.946. The van der Waals surface area contributed by atoms with Crippen molar-refractivity contribution in [2.75, 3.05) is 13.1 Å². The molecule has 2 N–H and O–H groups in total. The number of benzene rings is 2. The Morgan fingerprint density at radius 3 is 2.43 bits per heavy atom. The van der Waals surface area contributed by atoms with Crippen molar-refractivity contribution in [1.82, 2.24) is 5.32 Å². The van der Waals surface area contributed by atoms with Crippen LogP contribution in [0.15, 0.2) is 71.3 Å². The lowest BCUT2D eigenvalue weighted by Crippen LogP contribution is -3.12. The van der Waals surface area contributed by atoms with Gasteiger partial charge in [0.25, 0.3) is 5.91 Å². The van der Waals surface area contributed by atoms with Gasteiger partial charge in [-0.3, -0.25) is 4.79 Å². The maximum absolute atomic E-state index is 12.8. The van der Waals surface area contributed by atoms with E-state index < -0.39 is 0 Å². The zero-order valence-corrected chi connectivity index (χ0v) is 18.1. The molecular formula is C26H31N2O2+. The van der Waals surface area contributed by atoms with Crippen LogP contribution in [0, 0.1) is 0 Å². The second-order valence-corrected chi connectivity index (χ2v) is 9.21. The Hall–Kier alpha value is -2.85. The van der Waals surface area contributed by atoms with Gasteiger partial charge in [-0.2, -0.15) is 0 Å². The zero-order valence-electron chi connectivity index (χ0n) is 18.1. The molecule has 2 atom stereocenters. The molecule has 3 aromatic rings. The van der Waals surface area contributed by atoms with Gasteiger partial charge in [0.05, 0.1) is 19.4 Å². The molecule has 4 heteroatoms. The predicted molar refractivity (Wildman–Crippen MR) is 119 cm³/mol. The van der Waals surface area contributed by atoms with Crippen LogP contribution in [0.3, 0.4) is 0 Å². The Morgan fingerprint density at radius 2 is 1.77 bits per heavy atom. The molecule has 0 bridgehead atoms. The Kier molecular flexibility index (Phi) is 5.78. The minimum absolute atomic E-state index is 0.0381. The van der Waals surface area contributed by atoms with Crippen LogP contribution in [0.4, 0.5) is 0 Å². The molecule has 1 aliphatic rings. The highest BCUT2D eigenvalue weighted by atomic mass is 16.3. The Balaban J connectivity index is 1.46. The summed E-state index contributed by atoms with van der Waals surface area (Å²) in [6.07, 6.45) is 2.76. The number of hydrogen-bond acceptors (Lipinski definition) is 2. The largest absolute Gasteiger partial charge is 0.463 e. The van der Waals surface area contributed by atoms with Gasteiger partial charge in [-0.25, -0.2) is 0 Å². The van der Waals surface area contributed by atoms with Crippen molar-refractivity contribution in [2.24, 2.45) is 0 Å². The van der Waals surface area contributed by atoms with E-state index >= 15 is 0 Å². The van der Waals surface area contributed by atoms with E-state index in [1.165, 1.54) is 21.6 Å². The van der Waals surface area contributed by atoms with Gasteiger partial charge in [-0.1, -0.05) is 57.2 Å². The lowest BCUT2D eigenvalue weighted by Gasteiger charge is -2.31. The third kappa shape index (κ3) is 4.49. The van der Waals surface area contributed by atoms with Gasteiger partial charge >= 0.3 is 0 Å². The van der Waals surface area contributed by atoms with Crippen LogP contribution in [0.25, 0.3) is 0 Å². The quantitative estimate of drug-likeness (QED) is 0.683. The third-order valence-corrected chi connectivity index (χ3v) is 6.11. The maximum Gasteiger partial charge on any atom is 0.251 e. The van der Waals surface area contributed by atoms with Gasteiger partial charge in [0.2, 0.25) is 0 Å². The average Bonchev–Trinajstić information content (AvgIpc) is 3.27. The molecule has 0 spiro atoms. The van der Waals surface area contributed by atoms with Crippen molar-refractivity contribution in [2.45, 2.75) is 45.2 Å². The number of hydrogen-bond donors (Lipinski definition) is 2. The number of amides is 1. The molecule has 2 heterocycles. The summed E-state index contributed by atoms with van der Waals surface area (Å²) in [6.45, 7) is 9.04. The first-order valence-electron chi connectivity index (χ1n) is 10.8. The number of fused-ring (bicyclic) bond motifs is 1. The highest BCUT2D eigenvalue weighted by molar-refractivity contribution is 5.94. The van der Waals surface area contributed by atoms with E-state index in [1.54, 1.807) is 6.26 Å². The maximum atomic E-state index is 12.8. The van der Waals surface area contributed by atoms with E-state index in [0.717, 1.165) is 25.3 Å². The van der Waals surface area contributed by atoms with Crippen LogP contribution in [0.2, 0.25) is 0 Å². The summed E-state index contributed by atoms with van der Waals surface area (Å²) in [5, 5.41) is 3.15. The van der Waals surface area contributed by atoms with E-state index in [0.29, 0.717) is 12.1 Å². The lowest BCUT2D eigenvalue weighted by atomic mass is 9.87. The van der Waals surface area contributed by atoms with Gasteiger partial charge in [-0.05, 0) is 40.8 Å². The smallest absolute Gasteiger partial charge is 0.251 e. The molecule has 1 unspecified atom stereocenters. The summed E-state index contributed by atoms with van der Waals surface area (Å²) in [6, 6.07) is 20.6. The normalized spacial score (nSPS) is 17.2. The molecule has 0 aliphatic carbocycles. The first kappa shape index (κ1) is 20.4. The van der Waals surface area contributed by atoms with Crippen molar-refractivity contribution >= 4 is 5.91 Å². The van der Waals surface area contributed by atoms with Crippen molar-refractivity contribution < 1.29 is 14.1 Å². The molecule has 2 aromatic carbocycles. The van der Waals surface area contributed by atoms with Crippen LogP contribution in [-0.2, 0) is 18.4 Å². The van der Waals surface area contributed by atoms with E-state index in [2.05, 4.69) is 50.4 Å². The Bertz CT molecular complexity index is 985. The summed E-state index contributed by atoms with van der Waals surface area (Å²) in [5.74, 6) is 0.886. The number of carbonyl (C=O) groups excluding carboxylic acids is 1. The highest BCUT2D eigenvalue weighted by Gasteiger charge is 2.30. The van der Waals surface area contributed by atoms with Crippen LogP contribution in [0.5, 0.6) is 0 Å². The van der Waals surface area contributed by atoms with E-state index in [1.807, 2.05) is 36.4 Å². The second kappa shape index (κ2) is 8.49. The monoisotopic (exact) mass is 403 g/mol. The SMILES string of the molecule is CC(C)(C)c1ccc(C(=O)NC[C@@H](c2ccco2)[NH+]2CCc3ccccc3C2)cc1. The van der Waals surface area contributed by atoms with Gasteiger partial charge < -0.3 is 14.6 Å². The molecule has 1 aliphatic heterocycles. The van der Waals surface area contributed by atoms with Crippen LogP contribution in [0.1, 0.15) is 59.6 Å². The van der Waals surface area contributed by atoms with Crippen molar-refractivity contribution in [3.63, 3.8) is 0 Å². The molecule has 0 saturated carbocycles. The highest BCUT2D eigenvalue weighted by Crippen LogP contribution is 2.22. The molecule has 156 valence electrons. The number of carbonyl (C=O) groups is 1. The van der Waals surface area contributed by atoms with Crippen molar-refractivity contribution in [1.29, 1.82) is 0 Å². The van der Waals surface area contributed by atoms with Crippen molar-refractivity contribution in [3.05, 3.63) is 94.9 Å². The van der Waals surface area contributed by atoms with Crippen LogP contribution in [-0.4, -0.2) is 19.0 Å². The fourth-order valence-corrected chi connectivity index (χ4v) is 4.25. The molecule has 1 aromatic heterocycles. The van der Waals surface area contributed by atoms with Crippen LogP contribution >= 0.6 is 0 Å². The number of quaternary nitrogens is 1. The summed E-state index contributed by atoms with van der Waals surface area (Å²) < 4.78 is 5.76. The van der Waals surface area contributed by atoms with Crippen molar-refractivity contribution in [3.8, 4) is 0 Å². The number of rotatable bonds is 5. The van der Waals surface area contributed by atoms with Crippen LogP contribution < -0.4 is 10.2 Å². The summed E-state index contributed by atoms with van der Waals surface area (Å²) in [7, 11) is 0. The molecule has 0 fully saturated rings. The fourth-order valence-electron chi connectivity index (χ4n) is 4.25. The molecule has 1 amide bonds. The molecular weight excluding hydrogens is 372 g/mol. The van der Waals surface area contributed by atoms with Gasteiger partial charge in [-0.15, -0.1) is 0 Å². The Labute approximate surface area is 178 Å². The van der Waals surface area contributed by atoms with E-state index in [4.69, 9.17) is 4.42 Å². The summed E-state index contributed by atoms with van der Waals surface area (Å²) in [5.41, 5.74) is 4.82. The number of nitrogens with one attached hydrogen (secondary N) is 2.